The van der Waals surface area contributed by atoms with Crippen LogP contribution in [-0.2, 0) is 21.2 Å². The number of sulfonamides is 1. The van der Waals surface area contributed by atoms with E-state index in [1.807, 2.05) is 44.2 Å². The quantitative estimate of drug-likeness (QED) is 0.717. The molecule has 25 heavy (non-hydrogen) atoms. The van der Waals surface area contributed by atoms with Gasteiger partial charge in [0.1, 0.15) is 6.04 Å². The maximum atomic E-state index is 12.6. The largest absolute Gasteiger partial charge is 0.353 e. The van der Waals surface area contributed by atoms with Crippen LogP contribution in [0.1, 0.15) is 19.4 Å². The minimum atomic E-state index is -3.81. The molecule has 0 spiro atoms. The fraction of sp³-hybridized carbons (Fsp3) is 0.278. The smallest absolute Gasteiger partial charge is 0.241 e. The second-order valence-electron chi connectivity index (χ2n) is 5.98. The van der Waals surface area contributed by atoms with Crippen LogP contribution in [0.4, 0.5) is 0 Å². The average molecular weight is 425 g/mol. The van der Waals surface area contributed by atoms with Crippen LogP contribution >= 0.6 is 15.9 Å². The highest BCUT2D eigenvalue weighted by molar-refractivity contribution is 9.10. The van der Waals surface area contributed by atoms with Gasteiger partial charge < -0.3 is 5.32 Å². The molecular formula is C18H21BrN2O3S. The highest BCUT2D eigenvalue weighted by Crippen LogP contribution is 2.15. The summed E-state index contributed by atoms with van der Waals surface area (Å²) in [6, 6.07) is 14.6. The van der Waals surface area contributed by atoms with E-state index in [2.05, 4.69) is 26.0 Å². The van der Waals surface area contributed by atoms with Crippen molar-refractivity contribution in [2.75, 3.05) is 0 Å². The summed E-state index contributed by atoms with van der Waals surface area (Å²) in [5.74, 6) is -0.348. The highest BCUT2D eigenvalue weighted by Gasteiger charge is 2.26. The second-order valence-corrected chi connectivity index (χ2v) is 8.61. The van der Waals surface area contributed by atoms with E-state index >= 15 is 0 Å². The summed E-state index contributed by atoms with van der Waals surface area (Å²) in [4.78, 5) is 12.6. The Balaban J connectivity index is 2.25. The normalized spacial score (nSPS) is 12.8. The van der Waals surface area contributed by atoms with E-state index in [9.17, 15) is 13.2 Å². The van der Waals surface area contributed by atoms with Crippen LogP contribution in [-0.4, -0.2) is 26.4 Å². The van der Waals surface area contributed by atoms with Crippen molar-refractivity contribution in [3.63, 3.8) is 0 Å². The van der Waals surface area contributed by atoms with E-state index in [4.69, 9.17) is 0 Å². The number of amides is 1. The number of carbonyl (C=O) groups excluding carboxylic acids is 1. The van der Waals surface area contributed by atoms with E-state index < -0.39 is 16.1 Å². The number of benzene rings is 2. The Morgan fingerprint density at radius 3 is 2.20 bits per heavy atom. The molecule has 0 saturated carbocycles. The van der Waals surface area contributed by atoms with Crippen molar-refractivity contribution in [3.05, 3.63) is 64.6 Å². The Kier molecular flexibility index (Phi) is 6.75. The third kappa shape index (κ3) is 5.95. The van der Waals surface area contributed by atoms with E-state index in [0.717, 1.165) is 10.0 Å². The topological polar surface area (TPSA) is 75.3 Å². The summed E-state index contributed by atoms with van der Waals surface area (Å²) in [5, 5.41) is 2.77. The van der Waals surface area contributed by atoms with Gasteiger partial charge in [-0.05, 0) is 50.1 Å². The first-order chi connectivity index (χ1) is 11.8. The SMILES string of the molecule is CC(C)NC(=O)[C@@H](Cc1ccccc1)NS(=O)(=O)c1ccc(Br)cc1. The summed E-state index contributed by atoms with van der Waals surface area (Å²) >= 11 is 3.28. The van der Waals surface area contributed by atoms with Crippen LogP contribution < -0.4 is 10.0 Å². The van der Waals surface area contributed by atoms with Gasteiger partial charge >= 0.3 is 0 Å². The number of hydrogen-bond donors (Lipinski definition) is 2. The molecule has 2 rings (SSSR count). The first-order valence-electron chi connectivity index (χ1n) is 7.90. The molecule has 0 heterocycles. The molecular weight excluding hydrogens is 404 g/mol. The van der Waals surface area contributed by atoms with Crippen LogP contribution in [0.15, 0.2) is 64.0 Å². The van der Waals surface area contributed by atoms with Gasteiger partial charge in [-0.25, -0.2) is 8.42 Å². The van der Waals surface area contributed by atoms with Gasteiger partial charge in [0, 0.05) is 10.5 Å². The monoisotopic (exact) mass is 424 g/mol. The summed E-state index contributed by atoms with van der Waals surface area (Å²) in [6.45, 7) is 3.67. The number of hydrogen-bond acceptors (Lipinski definition) is 3. The zero-order valence-electron chi connectivity index (χ0n) is 14.1. The van der Waals surface area contributed by atoms with Gasteiger partial charge in [-0.15, -0.1) is 0 Å². The van der Waals surface area contributed by atoms with Gasteiger partial charge in [-0.1, -0.05) is 46.3 Å². The predicted octanol–water partition coefficient (Wildman–Crippen LogP) is 2.86. The number of rotatable bonds is 7. The van der Waals surface area contributed by atoms with Gasteiger partial charge in [0.2, 0.25) is 15.9 Å². The van der Waals surface area contributed by atoms with Crippen molar-refractivity contribution in [1.29, 1.82) is 0 Å². The van der Waals surface area contributed by atoms with E-state index in [1.54, 1.807) is 12.1 Å². The van der Waals surface area contributed by atoms with Crippen molar-refractivity contribution < 1.29 is 13.2 Å². The maximum Gasteiger partial charge on any atom is 0.241 e. The number of nitrogens with one attached hydrogen (secondary N) is 2. The Bertz CT molecular complexity index is 806. The molecule has 134 valence electrons. The lowest BCUT2D eigenvalue weighted by Crippen LogP contribution is -2.49. The molecule has 2 aromatic carbocycles. The van der Waals surface area contributed by atoms with Gasteiger partial charge in [0.25, 0.3) is 0 Å². The van der Waals surface area contributed by atoms with Crippen LogP contribution in [0.2, 0.25) is 0 Å². The van der Waals surface area contributed by atoms with Crippen molar-refractivity contribution in [2.24, 2.45) is 0 Å². The molecule has 0 aromatic heterocycles. The molecule has 0 unspecified atom stereocenters. The van der Waals surface area contributed by atoms with Crippen molar-refractivity contribution in [3.8, 4) is 0 Å². The fourth-order valence-corrected chi connectivity index (χ4v) is 3.75. The lowest BCUT2D eigenvalue weighted by atomic mass is 10.1. The highest BCUT2D eigenvalue weighted by atomic mass is 79.9. The van der Waals surface area contributed by atoms with Crippen LogP contribution in [0.3, 0.4) is 0 Å². The van der Waals surface area contributed by atoms with Crippen molar-refractivity contribution in [1.82, 2.24) is 10.0 Å². The average Bonchev–Trinajstić information content (AvgIpc) is 2.55. The van der Waals surface area contributed by atoms with E-state index in [1.165, 1.54) is 12.1 Å². The molecule has 0 saturated heterocycles. The molecule has 0 radical (unpaired) electrons. The minimum absolute atomic E-state index is 0.0806. The van der Waals surface area contributed by atoms with Crippen LogP contribution in [0.25, 0.3) is 0 Å². The summed E-state index contributed by atoms with van der Waals surface area (Å²) in [5.41, 5.74) is 0.880. The van der Waals surface area contributed by atoms with Crippen LogP contribution in [0, 0.1) is 0 Å². The molecule has 5 nitrogen and oxygen atoms in total. The Morgan fingerprint density at radius 2 is 1.64 bits per heavy atom. The summed E-state index contributed by atoms with van der Waals surface area (Å²) < 4.78 is 28.6. The fourth-order valence-electron chi connectivity index (χ4n) is 2.29. The zero-order valence-corrected chi connectivity index (χ0v) is 16.5. The molecule has 7 heteroatoms. The van der Waals surface area contributed by atoms with E-state index in [0.29, 0.717) is 0 Å². The molecule has 1 atom stereocenters. The second kappa shape index (κ2) is 8.60. The third-order valence-corrected chi connectivity index (χ3v) is 5.47. The molecule has 0 aliphatic carbocycles. The Labute approximate surface area is 157 Å². The van der Waals surface area contributed by atoms with Gasteiger partial charge in [-0.3, -0.25) is 4.79 Å². The lowest BCUT2D eigenvalue weighted by molar-refractivity contribution is -0.123. The molecule has 2 N–H and O–H groups in total. The standard InChI is InChI=1S/C18H21BrN2O3S/c1-13(2)20-18(22)17(12-14-6-4-3-5-7-14)21-25(23,24)16-10-8-15(19)9-11-16/h3-11,13,17,21H,12H2,1-2H3,(H,20,22)/t17-/m1/s1. The molecule has 0 aliphatic heterocycles. The Morgan fingerprint density at radius 1 is 1.04 bits per heavy atom. The summed E-state index contributed by atoms with van der Waals surface area (Å²) in [7, 11) is -3.81. The molecule has 1 amide bonds. The predicted molar refractivity (Wildman–Crippen MR) is 102 cm³/mol. The lowest BCUT2D eigenvalue weighted by Gasteiger charge is -2.20. The first-order valence-corrected chi connectivity index (χ1v) is 10.2. The van der Waals surface area contributed by atoms with Crippen molar-refractivity contribution >= 4 is 31.9 Å². The molecule has 0 aliphatic rings. The molecule has 0 fully saturated rings. The Hall–Kier alpha value is -1.70. The van der Waals surface area contributed by atoms with Gasteiger partial charge in [0.05, 0.1) is 4.90 Å². The van der Waals surface area contributed by atoms with E-state index in [-0.39, 0.29) is 23.3 Å². The van der Waals surface area contributed by atoms with Crippen LogP contribution in [0.5, 0.6) is 0 Å². The van der Waals surface area contributed by atoms with Gasteiger partial charge in [0.15, 0.2) is 0 Å². The maximum absolute atomic E-state index is 12.6. The first kappa shape index (κ1) is 19.6. The third-order valence-electron chi connectivity index (χ3n) is 3.45. The van der Waals surface area contributed by atoms with Gasteiger partial charge in [-0.2, -0.15) is 4.72 Å². The number of carbonyl (C=O) groups is 1. The molecule has 0 bridgehead atoms. The zero-order chi connectivity index (χ0) is 18.4. The molecule has 2 aromatic rings. The number of halogens is 1. The minimum Gasteiger partial charge on any atom is -0.353 e. The van der Waals surface area contributed by atoms with Crippen molar-refractivity contribution in [2.45, 2.75) is 37.2 Å². The summed E-state index contributed by atoms with van der Waals surface area (Å²) in [6.07, 6.45) is 0.273.